The van der Waals surface area contributed by atoms with E-state index in [2.05, 4.69) is 34.4 Å². The van der Waals surface area contributed by atoms with Crippen LogP contribution in [0, 0.1) is 0 Å². The molecule has 1 spiro atoms. The summed E-state index contributed by atoms with van der Waals surface area (Å²) in [5.41, 5.74) is 3.87. The van der Waals surface area contributed by atoms with Gasteiger partial charge in [0, 0.05) is 43.9 Å². The summed E-state index contributed by atoms with van der Waals surface area (Å²) in [5, 5.41) is 8.65. The lowest BCUT2D eigenvalue weighted by Crippen LogP contribution is -2.47. The Hall–Kier alpha value is -3.10. The number of aromatic nitrogens is 4. The van der Waals surface area contributed by atoms with Crippen molar-refractivity contribution in [2.75, 3.05) is 26.3 Å². The van der Waals surface area contributed by atoms with Gasteiger partial charge in [0.2, 0.25) is 0 Å². The number of aryl methyl sites for hydroxylation is 1. The van der Waals surface area contributed by atoms with Crippen molar-refractivity contribution >= 4 is 5.91 Å². The molecule has 0 bridgehead atoms. The number of carbonyl (C=O) groups is 1. The first kappa shape index (κ1) is 19.8. The number of hydrogen-bond acceptors (Lipinski definition) is 6. The Bertz CT molecular complexity index is 1050. The van der Waals surface area contributed by atoms with Crippen LogP contribution in [-0.4, -0.2) is 62.9 Å². The van der Waals surface area contributed by atoms with E-state index >= 15 is 0 Å². The number of carbonyl (C=O) groups excluding carboxylic acids is 1. The molecule has 0 radical (unpaired) electrons. The second kappa shape index (κ2) is 8.20. The molecule has 160 valence electrons. The second-order valence-corrected chi connectivity index (χ2v) is 7.86. The van der Waals surface area contributed by atoms with Crippen LogP contribution < -0.4 is 0 Å². The van der Waals surface area contributed by atoms with E-state index in [9.17, 15) is 4.79 Å². The minimum atomic E-state index is -0.526. The highest BCUT2D eigenvalue weighted by Gasteiger charge is 2.41. The fraction of sp³-hybridized carbons (Fsp3) is 0.391. The summed E-state index contributed by atoms with van der Waals surface area (Å²) in [6.07, 6.45) is 5.72. The topological polar surface area (TPSA) is 82.4 Å². The summed E-state index contributed by atoms with van der Waals surface area (Å²) in [5.74, 6) is -0.662. The number of amides is 1. The molecule has 1 aromatic carbocycles. The van der Waals surface area contributed by atoms with E-state index in [1.807, 2.05) is 29.2 Å². The minimum Gasteiger partial charge on any atom is -0.347 e. The first-order chi connectivity index (χ1) is 15.2. The lowest BCUT2D eigenvalue weighted by molar-refractivity contribution is -0.181. The molecule has 5 rings (SSSR count). The predicted molar refractivity (Wildman–Crippen MR) is 114 cm³/mol. The van der Waals surface area contributed by atoms with Gasteiger partial charge in [0.15, 0.2) is 11.5 Å². The Kier molecular flexibility index (Phi) is 5.25. The lowest BCUT2D eigenvalue weighted by atomic mass is 10.0. The molecule has 8 heteroatoms. The molecule has 0 unspecified atom stereocenters. The van der Waals surface area contributed by atoms with Crippen molar-refractivity contribution in [3.63, 3.8) is 0 Å². The van der Waals surface area contributed by atoms with E-state index < -0.39 is 5.79 Å². The van der Waals surface area contributed by atoms with Gasteiger partial charge in [-0.3, -0.25) is 9.78 Å². The van der Waals surface area contributed by atoms with Gasteiger partial charge in [-0.1, -0.05) is 24.3 Å². The molecular weight excluding hydrogens is 394 g/mol. The molecule has 2 fully saturated rings. The first-order valence-electron chi connectivity index (χ1n) is 10.7. The van der Waals surface area contributed by atoms with Crippen LogP contribution in [0.5, 0.6) is 0 Å². The van der Waals surface area contributed by atoms with Crippen molar-refractivity contribution < 1.29 is 14.3 Å². The van der Waals surface area contributed by atoms with Gasteiger partial charge in [0.1, 0.15) is 5.69 Å². The average molecular weight is 419 g/mol. The maximum atomic E-state index is 13.5. The van der Waals surface area contributed by atoms with Crippen LogP contribution in [0.4, 0.5) is 0 Å². The second-order valence-electron chi connectivity index (χ2n) is 7.86. The minimum absolute atomic E-state index is 0.136. The summed E-state index contributed by atoms with van der Waals surface area (Å²) in [7, 11) is 0. The van der Waals surface area contributed by atoms with E-state index in [-0.39, 0.29) is 5.91 Å². The third-order valence-electron chi connectivity index (χ3n) is 6.02. The highest BCUT2D eigenvalue weighted by molar-refractivity contribution is 5.98. The Labute approximate surface area is 180 Å². The summed E-state index contributed by atoms with van der Waals surface area (Å²) in [6.45, 7) is 4.47. The van der Waals surface area contributed by atoms with Gasteiger partial charge in [0.25, 0.3) is 5.91 Å². The number of ether oxygens (including phenoxy) is 2. The third kappa shape index (κ3) is 3.73. The highest BCUT2D eigenvalue weighted by Crippen LogP contribution is 2.33. The summed E-state index contributed by atoms with van der Waals surface area (Å²) in [6, 6.07) is 11.9. The standard InChI is InChI=1S/C23H25N5O3/c1-2-17-5-7-19(8-6-17)28-21(18-4-3-11-24-16-18)20(25-26-28)22(29)27-12-9-23(10-13-27)30-14-15-31-23/h3-8,11,16H,2,9-10,12-15H2,1H3. The van der Waals surface area contributed by atoms with E-state index in [1.165, 1.54) is 5.56 Å². The van der Waals surface area contributed by atoms with Gasteiger partial charge >= 0.3 is 0 Å². The Morgan fingerprint density at radius 1 is 1.10 bits per heavy atom. The van der Waals surface area contributed by atoms with E-state index in [4.69, 9.17) is 9.47 Å². The molecule has 0 atom stereocenters. The van der Waals surface area contributed by atoms with Gasteiger partial charge in [-0.2, -0.15) is 0 Å². The van der Waals surface area contributed by atoms with Crippen LogP contribution in [0.1, 0.15) is 35.8 Å². The van der Waals surface area contributed by atoms with Crippen LogP contribution >= 0.6 is 0 Å². The molecule has 0 saturated carbocycles. The van der Waals surface area contributed by atoms with Crippen molar-refractivity contribution in [2.24, 2.45) is 0 Å². The molecular formula is C23H25N5O3. The molecule has 4 heterocycles. The molecule has 31 heavy (non-hydrogen) atoms. The summed E-state index contributed by atoms with van der Waals surface area (Å²) < 4.78 is 13.3. The monoisotopic (exact) mass is 419 g/mol. The van der Waals surface area contributed by atoms with E-state index in [1.54, 1.807) is 17.1 Å². The summed E-state index contributed by atoms with van der Waals surface area (Å²) in [4.78, 5) is 19.5. The molecule has 2 saturated heterocycles. The van der Waals surface area contributed by atoms with Gasteiger partial charge in [-0.15, -0.1) is 5.10 Å². The van der Waals surface area contributed by atoms with Crippen LogP contribution in [0.2, 0.25) is 0 Å². The largest absolute Gasteiger partial charge is 0.347 e. The van der Waals surface area contributed by atoms with E-state index in [0.717, 1.165) is 17.7 Å². The van der Waals surface area contributed by atoms with Crippen LogP contribution in [-0.2, 0) is 15.9 Å². The SMILES string of the molecule is CCc1ccc(-n2nnc(C(=O)N3CCC4(CC3)OCCO4)c2-c2cccnc2)cc1. The van der Waals surface area contributed by atoms with Crippen LogP contribution in [0.15, 0.2) is 48.8 Å². The number of likely N-dealkylation sites (tertiary alicyclic amines) is 1. The maximum Gasteiger partial charge on any atom is 0.276 e. The number of piperidine rings is 1. The highest BCUT2D eigenvalue weighted by atomic mass is 16.7. The van der Waals surface area contributed by atoms with Gasteiger partial charge < -0.3 is 14.4 Å². The zero-order chi connectivity index (χ0) is 21.3. The third-order valence-corrected chi connectivity index (χ3v) is 6.02. The summed E-state index contributed by atoms with van der Waals surface area (Å²) >= 11 is 0. The fourth-order valence-corrected chi connectivity index (χ4v) is 4.23. The number of hydrogen-bond donors (Lipinski definition) is 0. The van der Waals surface area contributed by atoms with E-state index in [0.29, 0.717) is 50.5 Å². The molecule has 8 nitrogen and oxygen atoms in total. The van der Waals surface area contributed by atoms with Crippen LogP contribution in [0.3, 0.4) is 0 Å². The Morgan fingerprint density at radius 2 is 1.84 bits per heavy atom. The molecule has 2 aromatic heterocycles. The normalized spacial score (nSPS) is 17.9. The number of rotatable bonds is 4. The molecule has 2 aliphatic rings. The quantitative estimate of drug-likeness (QED) is 0.647. The molecule has 1 amide bonds. The first-order valence-corrected chi connectivity index (χ1v) is 10.7. The Balaban J connectivity index is 1.48. The predicted octanol–water partition coefficient (Wildman–Crippen LogP) is 2.87. The van der Waals surface area contributed by atoms with Crippen molar-refractivity contribution in [1.82, 2.24) is 24.9 Å². The van der Waals surface area contributed by atoms with Crippen molar-refractivity contribution in [3.8, 4) is 16.9 Å². The zero-order valence-corrected chi connectivity index (χ0v) is 17.5. The lowest BCUT2D eigenvalue weighted by Gasteiger charge is -2.37. The number of pyridine rings is 1. The van der Waals surface area contributed by atoms with Gasteiger partial charge in [0.05, 0.1) is 18.9 Å². The van der Waals surface area contributed by atoms with Crippen molar-refractivity contribution in [3.05, 3.63) is 60.0 Å². The Morgan fingerprint density at radius 3 is 2.48 bits per heavy atom. The molecule has 0 N–H and O–H groups in total. The smallest absolute Gasteiger partial charge is 0.276 e. The van der Waals surface area contributed by atoms with Crippen molar-refractivity contribution in [2.45, 2.75) is 32.0 Å². The zero-order valence-electron chi connectivity index (χ0n) is 17.5. The molecule has 3 aromatic rings. The molecule has 2 aliphatic heterocycles. The maximum absolute atomic E-state index is 13.5. The van der Waals surface area contributed by atoms with Crippen LogP contribution in [0.25, 0.3) is 16.9 Å². The van der Waals surface area contributed by atoms with Gasteiger partial charge in [-0.05, 0) is 36.2 Å². The average Bonchev–Trinajstić information content (AvgIpc) is 3.47. The fourth-order valence-electron chi connectivity index (χ4n) is 4.23. The number of benzene rings is 1. The number of nitrogens with zero attached hydrogens (tertiary/aromatic N) is 5. The van der Waals surface area contributed by atoms with Crippen molar-refractivity contribution in [1.29, 1.82) is 0 Å². The van der Waals surface area contributed by atoms with Gasteiger partial charge in [-0.25, -0.2) is 4.68 Å². The molecule has 0 aliphatic carbocycles.